The third-order valence-corrected chi connectivity index (χ3v) is 6.27. The summed E-state index contributed by atoms with van der Waals surface area (Å²) in [5.41, 5.74) is 0.725. The number of rotatable bonds is 7. The predicted octanol–water partition coefficient (Wildman–Crippen LogP) is 4.44. The Morgan fingerprint density at radius 3 is 1.90 bits per heavy atom. The van der Waals surface area contributed by atoms with Gasteiger partial charge in [0.05, 0.1) is 0 Å². The summed E-state index contributed by atoms with van der Waals surface area (Å²) < 4.78 is 0. The molecule has 20 heavy (non-hydrogen) atoms. The molecule has 0 aliphatic carbocycles. The van der Waals surface area contributed by atoms with E-state index < -0.39 is 0 Å². The minimum atomic E-state index is 0.330. The van der Waals surface area contributed by atoms with Gasteiger partial charge in [0, 0.05) is 30.2 Å². The Morgan fingerprint density at radius 2 is 1.55 bits per heavy atom. The van der Waals surface area contributed by atoms with Gasteiger partial charge >= 0.3 is 0 Å². The van der Waals surface area contributed by atoms with Gasteiger partial charge in [-0.05, 0) is 38.0 Å². The summed E-state index contributed by atoms with van der Waals surface area (Å²) in [4.78, 5) is 2.89. The normalized spacial score (nSPS) is 24.3. The Bertz CT molecular complexity index is 269. The second-order valence-corrected chi connectivity index (χ2v) is 7.09. The third kappa shape index (κ3) is 3.22. The molecule has 0 radical (unpaired) electrons. The molecule has 0 aromatic carbocycles. The summed E-state index contributed by atoms with van der Waals surface area (Å²) in [6, 6.07) is 0.682. The van der Waals surface area contributed by atoms with Gasteiger partial charge in [0.15, 0.2) is 0 Å². The second-order valence-electron chi connectivity index (χ2n) is 7.09. The first kappa shape index (κ1) is 18.0. The van der Waals surface area contributed by atoms with Crippen molar-refractivity contribution in [3.63, 3.8) is 0 Å². The molecule has 1 N–H and O–H groups in total. The summed E-state index contributed by atoms with van der Waals surface area (Å²) in [6.07, 6.45) is 6.28. The van der Waals surface area contributed by atoms with Gasteiger partial charge in [-0.1, -0.05) is 48.5 Å². The highest BCUT2D eigenvalue weighted by atomic mass is 15.3. The fourth-order valence-corrected chi connectivity index (χ4v) is 4.13. The fourth-order valence-electron chi connectivity index (χ4n) is 4.13. The smallest absolute Gasteiger partial charge is 0.0304 e. The number of nitrogens with one attached hydrogen (secondary N) is 1. The minimum Gasteiger partial charge on any atom is -0.308 e. The van der Waals surface area contributed by atoms with Crippen molar-refractivity contribution < 1.29 is 0 Å². The summed E-state index contributed by atoms with van der Waals surface area (Å²) in [7, 11) is 0. The van der Waals surface area contributed by atoms with Crippen molar-refractivity contribution in [1.82, 2.24) is 10.2 Å². The van der Waals surface area contributed by atoms with Crippen LogP contribution in [0, 0.1) is 5.92 Å². The van der Waals surface area contributed by atoms with Crippen LogP contribution in [0.25, 0.3) is 0 Å². The van der Waals surface area contributed by atoms with E-state index in [0.717, 1.165) is 12.5 Å². The van der Waals surface area contributed by atoms with Crippen LogP contribution in [0.2, 0.25) is 0 Å². The monoisotopic (exact) mass is 282 g/mol. The first-order valence-corrected chi connectivity index (χ1v) is 8.95. The van der Waals surface area contributed by atoms with Crippen LogP contribution in [0.4, 0.5) is 0 Å². The summed E-state index contributed by atoms with van der Waals surface area (Å²) in [5.74, 6) is 0.721. The van der Waals surface area contributed by atoms with Crippen LogP contribution in [-0.4, -0.2) is 35.1 Å². The van der Waals surface area contributed by atoms with Crippen molar-refractivity contribution in [3.8, 4) is 0 Å². The Kier molecular flexibility index (Phi) is 6.53. The first-order valence-electron chi connectivity index (χ1n) is 8.95. The zero-order valence-electron chi connectivity index (χ0n) is 15.1. The maximum Gasteiger partial charge on any atom is 0.0304 e. The molecule has 120 valence electrons. The van der Waals surface area contributed by atoms with E-state index >= 15 is 0 Å². The summed E-state index contributed by atoms with van der Waals surface area (Å²) in [5, 5.41) is 3.90. The van der Waals surface area contributed by atoms with E-state index in [2.05, 4.69) is 58.7 Å². The van der Waals surface area contributed by atoms with E-state index in [1.807, 2.05) is 0 Å². The molecular formula is C18H38N2. The van der Waals surface area contributed by atoms with E-state index in [-0.39, 0.29) is 0 Å². The van der Waals surface area contributed by atoms with Crippen LogP contribution >= 0.6 is 0 Å². The van der Waals surface area contributed by atoms with Gasteiger partial charge in [-0.25, -0.2) is 0 Å². The molecule has 1 saturated heterocycles. The molecule has 0 saturated carbocycles. The van der Waals surface area contributed by atoms with Crippen LogP contribution in [0.5, 0.6) is 0 Å². The molecule has 1 heterocycles. The molecule has 1 fully saturated rings. The molecular weight excluding hydrogens is 244 g/mol. The molecule has 0 amide bonds. The Hall–Kier alpha value is -0.0800. The zero-order valence-corrected chi connectivity index (χ0v) is 15.1. The maximum absolute atomic E-state index is 3.90. The molecule has 0 aromatic rings. The van der Waals surface area contributed by atoms with Crippen molar-refractivity contribution in [2.75, 3.05) is 13.1 Å². The topological polar surface area (TPSA) is 15.3 Å². The van der Waals surface area contributed by atoms with Gasteiger partial charge in [-0.15, -0.1) is 0 Å². The van der Waals surface area contributed by atoms with E-state index in [9.17, 15) is 0 Å². The highest BCUT2D eigenvalue weighted by Gasteiger charge is 2.45. The van der Waals surface area contributed by atoms with Crippen LogP contribution < -0.4 is 5.32 Å². The van der Waals surface area contributed by atoms with Crippen molar-refractivity contribution in [3.05, 3.63) is 0 Å². The highest BCUT2D eigenvalue weighted by Crippen LogP contribution is 2.36. The van der Waals surface area contributed by atoms with Crippen LogP contribution in [0.15, 0.2) is 0 Å². The minimum absolute atomic E-state index is 0.330. The molecule has 2 nitrogen and oxygen atoms in total. The fraction of sp³-hybridized carbons (Fsp3) is 1.00. The molecule has 1 rings (SSSR count). The summed E-state index contributed by atoms with van der Waals surface area (Å²) in [6.45, 7) is 19.0. The lowest BCUT2D eigenvalue weighted by atomic mass is 9.79. The Labute approximate surface area is 127 Å². The summed E-state index contributed by atoms with van der Waals surface area (Å²) >= 11 is 0. The highest BCUT2D eigenvalue weighted by molar-refractivity contribution is 5.03. The number of nitrogens with zero attached hydrogens (tertiary/aromatic N) is 1. The quantitative estimate of drug-likeness (QED) is 0.742. The predicted molar refractivity (Wildman–Crippen MR) is 90.3 cm³/mol. The molecule has 1 aliphatic rings. The molecule has 0 aromatic heterocycles. The molecule has 0 spiro atoms. The largest absolute Gasteiger partial charge is 0.308 e. The molecule has 1 atom stereocenters. The van der Waals surface area contributed by atoms with E-state index in [1.54, 1.807) is 0 Å². The molecule has 1 unspecified atom stereocenters. The average molecular weight is 283 g/mol. The van der Waals surface area contributed by atoms with Gasteiger partial charge in [-0.2, -0.15) is 0 Å². The Morgan fingerprint density at radius 1 is 1.05 bits per heavy atom. The van der Waals surface area contributed by atoms with Gasteiger partial charge in [-0.3, -0.25) is 4.90 Å². The van der Waals surface area contributed by atoms with E-state index in [4.69, 9.17) is 0 Å². The number of hydrogen-bond acceptors (Lipinski definition) is 2. The van der Waals surface area contributed by atoms with Gasteiger partial charge < -0.3 is 5.32 Å². The molecule has 1 aliphatic heterocycles. The SMILES string of the molecule is CCC1(CC)CN(C(CC)(CC)CC)C(C(C)C)CN1. The number of piperazine rings is 1. The zero-order chi connectivity index (χ0) is 15.4. The lowest BCUT2D eigenvalue weighted by molar-refractivity contribution is -0.0429. The van der Waals surface area contributed by atoms with Gasteiger partial charge in [0.25, 0.3) is 0 Å². The van der Waals surface area contributed by atoms with Crippen molar-refractivity contribution >= 4 is 0 Å². The van der Waals surface area contributed by atoms with Crippen molar-refractivity contribution in [1.29, 1.82) is 0 Å². The van der Waals surface area contributed by atoms with Crippen LogP contribution in [-0.2, 0) is 0 Å². The van der Waals surface area contributed by atoms with E-state index in [0.29, 0.717) is 17.1 Å². The van der Waals surface area contributed by atoms with Crippen molar-refractivity contribution in [2.45, 2.75) is 97.7 Å². The third-order valence-electron chi connectivity index (χ3n) is 6.27. The standard InChI is InChI=1S/C18H38N2/c1-8-17(9-2)14-20(16(13-19-17)15(6)7)18(10-3,11-4)12-5/h15-16,19H,8-14H2,1-7H3. The van der Waals surface area contributed by atoms with Crippen molar-refractivity contribution in [2.24, 2.45) is 5.92 Å². The average Bonchev–Trinajstić information content (AvgIpc) is 2.49. The lowest BCUT2D eigenvalue weighted by Gasteiger charge is -2.56. The Balaban J connectivity index is 3.11. The van der Waals surface area contributed by atoms with Gasteiger partial charge in [0.1, 0.15) is 0 Å². The van der Waals surface area contributed by atoms with E-state index in [1.165, 1.54) is 38.6 Å². The molecule has 0 bridgehead atoms. The lowest BCUT2D eigenvalue weighted by Crippen LogP contribution is -2.70. The van der Waals surface area contributed by atoms with Gasteiger partial charge in [0.2, 0.25) is 0 Å². The maximum atomic E-state index is 3.90. The molecule has 2 heteroatoms. The number of hydrogen-bond donors (Lipinski definition) is 1. The first-order chi connectivity index (χ1) is 9.44. The second kappa shape index (κ2) is 7.26. The van der Waals surface area contributed by atoms with Crippen LogP contribution in [0.3, 0.4) is 0 Å². The van der Waals surface area contributed by atoms with Crippen LogP contribution in [0.1, 0.15) is 80.6 Å².